The van der Waals surface area contributed by atoms with Gasteiger partial charge in [-0.15, -0.1) is 0 Å². The molecular formula is C43H84O4. The fourth-order valence-corrected chi connectivity index (χ4v) is 6.38. The van der Waals surface area contributed by atoms with E-state index in [9.17, 15) is 9.90 Å². The molecule has 0 radical (unpaired) electrons. The normalized spacial score (nSPS) is 12.3. The van der Waals surface area contributed by atoms with Crippen LogP contribution < -0.4 is 0 Å². The number of hydrogen-bond acceptors (Lipinski definition) is 4. The van der Waals surface area contributed by atoms with Crippen LogP contribution in [0.3, 0.4) is 0 Å². The van der Waals surface area contributed by atoms with Gasteiger partial charge in [-0.2, -0.15) is 0 Å². The van der Waals surface area contributed by atoms with Crippen molar-refractivity contribution in [3.63, 3.8) is 0 Å². The van der Waals surface area contributed by atoms with Gasteiger partial charge < -0.3 is 14.6 Å². The predicted molar refractivity (Wildman–Crippen MR) is 205 cm³/mol. The third-order valence-corrected chi connectivity index (χ3v) is 9.59. The number of aliphatic hydroxyl groups excluding tert-OH is 1. The zero-order chi connectivity index (χ0) is 34.1. The van der Waals surface area contributed by atoms with Crippen LogP contribution in [0.15, 0.2) is 12.2 Å². The molecule has 0 aliphatic carbocycles. The summed E-state index contributed by atoms with van der Waals surface area (Å²) in [5.74, 6) is -0.197. The Labute approximate surface area is 295 Å². The van der Waals surface area contributed by atoms with Gasteiger partial charge in [0, 0.05) is 13.0 Å². The Balaban J connectivity index is 3.39. The molecule has 0 heterocycles. The summed E-state index contributed by atoms with van der Waals surface area (Å²) in [6, 6.07) is 0. The van der Waals surface area contributed by atoms with Gasteiger partial charge in [0.1, 0.15) is 6.10 Å². The van der Waals surface area contributed by atoms with Gasteiger partial charge in [0.2, 0.25) is 0 Å². The molecule has 47 heavy (non-hydrogen) atoms. The van der Waals surface area contributed by atoms with Gasteiger partial charge >= 0.3 is 5.97 Å². The number of rotatable bonds is 40. The largest absolute Gasteiger partial charge is 0.457 e. The van der Waals surface area contributed by atoms with E-state index in [0.717, 1.165) is 19.3 Å². The van der Waals surface area contributed by atoms with Crippen molar-refractivity contribution in [3.8, 4) is 0 Å². The highest BCUT2D eigenvalue weighted by Gasteiger charge is 2.13. The molecule has 1 unspecified atom stereocenters. The van der Waals surface area contributed by atoms with Crippen molar-refractivity contribution < 1.29 is 19.4 Å². The topological polar surface area (TPSA) is 55.8 Å². The van der Waals surface area contributed by atoms with Gasteiger partial charge in [0.25, 0.3) is 0 Å². The van der Waals surface area contributed by atoms with Crippen molar-refractivity contribution >= 4 is 5.97 Å². The molecule has 280 valence electrons. The van der Waals surface area contributed by atoms with Crippen LogP contribution >= 0.6 is 0 Å². The zero-order valence-electron chi connectivity index (χ0n) is 32.1. The first-order valence-corrected chi connectivity index (χ1v) is 21.3. The first-order valence-electron chi connectivity index (χ1n) is 21.3. The minimum atomic E-state index is -0.531. The smallest absolute Gasteiger partial charge is 0.306 e. The Hall–Kier alpha value is -0.870. The van der Waals surface area contributed by atoms with Gasteiger partial charge in [-0.25, -0.2) is 0 Å². The summed E-state index contributed by atoms with van der Waals surface area (Å²) in [6.07, 6.45) is 48.4. The van der Waals surface area contributed by atoms with Crippen molar-refractivity contribution in [1.82, 2.24) is 0 Å². The van der Waals surface area contributed by atoms with E-state index in [1.807, 2.05) is 0 Å². The lowest BCUT2D eigenvalue weighted by Crippen LogP contribution is -2.27. The summed E-state index contributed by atoms with van der Waals surface area (Å²) < 4.78 is 11.2. The number of aliphatic hydroxyl groups is 1. The molecule has 0 aromatic carbocycles. The minimum absolute atomic E-state index is 0.168. The Morgan fingerprint density at radius 3 is 1.21 bits per heavy atom. The third kappa shape index (κ3) is 39.5. The zero-order valence-corrected chi connectivity index (χ0v) is 32.1. The molecule has 1 atom stereocenters. The van der Waals surface area contributed by atoms with Crippen LogP contribution in [-0.4, -0.2) is 37.0 Å². The Kier molecular flexibility index (Phi) is 40.5. The summed E-state index contributed by atoms with van der Waals surface area (Å²) in [5, 5.41) is 9.59. The number of carbonyl (C=O) groups is 1. The molecule has 0 saturated heterocycles. The van der Waals surface area contributed by atoms with E-state index in [1.165, 1.54) is 193 Å². The Morgan fingerprint density at radius 1 is 0.489 bits per heavy atom. The summed E-state index contributed by atoms with van der Waals surface area (Å²) >= 11 is 0. The van der Waals surface area contributed by atoms with E-state index in [4.69, 9.17) is 9.47 Å². The average molecular weight is 665 g/mol. The minimum Gasteiger partial charge on any atom is -0.457 e. The molecule has 0 rings (SSSR count). The summed E-state index contributed by atoms with van der Waals surface area (Å²) in [4.78, 5) is 12.2. The first-order chi connectivity index (χ1) is 23.2. The van der Waals surface area contributed by atoms with Crippen LogP contribution in [0.1, 0.15) is 232 Å². The maximum atomic E-state index is 12.2. The summed E-state index contributed by atoms with van der Waals surface area (Å²) in [6.45, 7) is 5.37. The second-order valence-electron chi connectivity index (χ2n) is 14.4. The van der Waals surface area contributed by atoms with Crippen molar-refractivity contribution in [2.75, 3.05) is 19.8 Å². The average Bonchev–Trinajstić information content (AvgIpc) is 3.08. The number of esters is 1. The van der Waals surface area contributed by atoms with Crippen LogP contribution in [0.25, 0.3) is 0 Å². The third-order valence-electron chi connectivity index (χ3n) is 9.59. The lowest BCUT2D eigenvalue weighted by molar-refractivity contribution is -0.154. The number of carbonyl (C=O) groups excluding carboxylic acids is 1. The fourth-order valence-electron chi connectivity index (χ4n) is 6.38. The lowest BCUT2D eigenvalue weighted by atomic mass is 10.0. The van der Waals surface area contributed by atoms with Gasteiger partial charge in [-0.05, 0) is 38.5 Å². The SMILES string of the molecule is CCCCCCCCC/C=C\CCCCCCCCOCC(CO)OC(=O)CCCCCCCCCCCCCCCCCCCC. The van der Waals surface area contributed by atoms with E-state index in [0.29, 0.717) is 19.6 Å². The molecule has 0 spiro atoms. The van der Waals surface area contributed by atoms with E-state index >= 15 is 0 Å². The molecule has 0 fully saturated rings. The van der Waals surface area contributed by atoms with Crippen molar-refractivity contribution in [1.29, 1.82) is 0 Å². The molecule has 4 nitrogen and oxygen atoms in total. The van der Waals surface area contributed by atoms with Crippen LogP contribution in [0, 0.1) is 0 Å². The van der Waals surface area contributed by atoms with E-state index in [-0.39, 0.29) is 12.6 Å². The fraction of sp³-hybridized carbons (Fsp3) is 0.930. The molecule has 0 saturated carbocycles. The summed E-state index contributed by atoms with van der Waals surface area (Å²) in [7, 11) is 0. The maximum Gasteiger partial charge on any atom is 0.306 e. The highest BCUT2D eigenvalue weighted by atomic mass is 16.6. The van der Waals surface area contributed by atoms with Crippen LogP contribution in [0.2, 0.25) is 0 Å². The molecule has 0 aromatic heterocycles. The van der Waals surface area contributed by atoms with Crippen molar-refractivity contribution in [3.05, 3.63) is 12.2 Å². The Morgan fingerprint density at radius 2 is 0.830 bits per heavy atom. The second kappa shape index (κ2) is 41.3. The van der Waals surface area contributed by atoms with Gasteiger partial charge in [0.05, 0.1) is 13.2 Å². The molecular weight excluding hydrogens is 580 g/mol. The Bertz CT molecular complexity index is 619. The van der Waals surface area contributed by atoms with Crippen LogP contribution in [-0.2, 0) is 14.3 Å². The van der Waals surface area contributed by atoms with Crippen LogP contribution in [0.5, 0.6) is 0 Å². The number of hydrogen-bond donors (Lipinski definition) is 1. The molecule has 0 amide bonds. The molecule has 4 heteroatoms. The highest BCUT2D eigenvalue weighted by molar-refractivity contribution is 5.69. The number of allylic oxidation sites excluding steroid dienone is 2. The molecule has 0 aromatic rings. The number of ether oxygens (including phenoxy) is 2. The van der Waals surface area contributed by atoms with E-state index in [2.05, 4.69) is 26.0 Å². The van der Waals surface area contributed by atoms with E-state index in [1.54, 1.807) is 0 Å². The van der Waals surface area contributed by atoms with Gasteiger partial charge in [-0.1, -0.05) is 199 Å². The lowest BCUT2D eigenvalue weighted by Gasteiger charge is -2.15. The quantitative estimate of drug-likeness (QED) is 0.0402. The second-order valence-corrected chi connectivity index (χ2v) is 14.4. The molecule has 1 N–H and O–H groups in total. The van der Waals surface area contributed by atoms with Gasteiger partial charge in [-0.3, -0.25) is 4.79 Å². The van der Waals surface area contributed by atoms with Gasteiger partial charge in [0.15, 0.2) is 0 Å². The maximum absolute atomic E-state index is 12.2. The van der Waals surface area contributed by atoms with Crippen molar-refractivity contribution in [2.45, 2.75) is 238 Å². The van der Waals surface area contributed by atoms with Crippen LogP contribution in [0.4, 0.5) is 0 Å². The van der Waals surface area contributed by atoms with Crippen molar-refractivity contribution in [2.24, 2.45) is 0 Å². The first kappa shape index (κ1) is 46.1. The number of unbranched alkanes of at least 4 members (excludes halogenated alkanes) is 30. The predicted octanol–water partition coefficient (Wildman–Crippen LogP) is 13.8. The monoisotopic (exact) mass is 665 g/mol. The highest BCUT2D eigenvalue weighted by Crippen LogP contribution is 2.15. The molecule has 0 bridgehead atoms. The van der Waals surface area contributed by atoms with E-state index < -0.39 is 6.10 Å². The molecule has 0 aliphatic rings. The standard InChI is InChI=1S/C43H84O4/c1-3-5-7-9-11-13-15-17-19-21-22-24-26-28-30-32-34-36-38-43(45)47-42(40-44)41-46-39-37-35-33-31-29-27-25-23-20-18-16-14-12-10-8-6-4-2/h20,23,42,44H,3-19,21-22,24-41H2,1-2H3/b23-20-. The molecule has 0 aliphatic heterocycles. The summed E-state index contributed by atoms with van der Waals surface area (Å²) in [5.41, 5.74) is 0.